The monoisotopic (exact) mass is 1770 g/mol. The highest BCUT2D eigenvalue weighted by Crippen LogP contribution is 2.28. The molecule has 11 N–H and O–H groups in total. The molecule has 32 heteroatoms. The van der Waals surface area contributed by atoms with Gasteiger partial charge in [-0.15, -0.1) is 0 Å². The second-order valence-corrected chi connectivity index (χ2v) is 33.8. The second-order valence-electron chi connectivity index (χ2n) is 33.8. The maximum atomic E-state index is 15.6. The predicted octanol–water partition coefficient (Wildman–Crippen LogP) is 5.65. The number of aromatic amines is 1. The quantitative estimate of drug-likeness (QED) is 0.0309. The number of nitrogens with zero attached hydrogens (tertiary/aromatic N) is 5. The molecule has 32 nitrogen and oxygen atoms in total. The number of rotatable bonds is 25. The molecule has 0 saturated heterocycles. The largest absolute Gasteiger partial charge is 0.508 e. The summed E-state index contributed by atoms with van der Waals surface area (Å²) in [5.41, 5.74) is 9.32. The van der Waals surface area contributed by atoms with Crippen LogP contribution in [0.1, 0.15) is 126 Å². The summed E-state index contributed by atoms with van der Waals surface area (Å²) >= 11 is 0. The van der Waals surface area contributed by atoms with E-state index in [2.05, 4.69) is 36.9 Å². The van der Waals surface area contributed by atoms with E-state index in [0.29, 0.717) is 57.1 Å². The van der Waals surface area contributed by atoms with Crippen molar-refractivity contribution in [1.82, 2.24) is 61.4 Å². The summed E-state index contributed by atoms with van der Waals surface area (Å²) in [4.78, 5) is 244. The van der Waals surface area contributed by atoms with Crippen LogP contribution in [0.15, 0.2) is 182 Å². The molecule has 0 radical (unpaired) electrons. The number of primary amides is 1. The second kappa shape index (κ2) is 49.4. The average Bonchev–Trinajstić information content (AvgIpc) is 1.80. The molecule has 8 rings (SSSR count). The fourth-order valence-corrected chi connectivity index (χ4v) is 15.6. The van der Waals surface area contributed by atoms with E-state index in [4.69, 9.17) is 10.5 Å². The maximum absolute atomic E-state index is 15.6. The van der Waals surface area contributed by atoms with Gasteiger partial charge in [-0.25, -0.2) is 0 Å². The van der Waals surface area contributed by atoms with Crippen LogP contribution in [-0.2, 0) is 120 Å². The van der Waals surface area contributed by atoms with E-state index < -0.39 is 212 Å². The van der Waals surface area contributed by atoms with E-state index in [1.165, 1.54) is 99.6 Å². The Morgan fingerprint density at radius 3 is 1.54 bits per heavy atom. The number of nitrogens with two attached hydrogens (primary N) is 1. The Bertz CT molecular complexity index is 5070. The Balaban J connectivity index is 1.22. The number of phenols is 2. The molecule has 12 amide bonds. The lowest BCUT2D eigenvalue weighted by Gasteiger charge is -2.37. The minimum atomic E-state index is -1.58. The molecule has 0 unspecified atom stereocenters. The van der Waals surface area contributed by atoms with E-state index in [1.807, 2.05) is 6.92 Å². The fraction of sp³-hybridized carbons (Fsp3) is 0.423. The zero-order chi connectivity index (χ0) is 94.1. The van der Waals surface area contributed by atoms with E-state index in [-0.39, 0.29) is 75.3 Å². The Labute approximate surface area is 751 Å². The number of para-hydroxylation sites is 1. The summed E-state index contributed by atoms with van der Waals surface area (Å²) in [7, 11) is 6.79. The highest BCUT2D eigenvalue weighted by molar-refractivity contribution is 6.01. The molecule has 0 fully saturated rings. The van der Waals surface area contributed by atoms with Crippen molar-refractivity contribution >= 4 is 106 Å². The molecule has 688 valence electrons. The van der Waals surface area contributed by atoms with Crippen LogP contribution in [0, 0.1) is 23.7 Å². The van der Waals surface area contributed by atoms with Gasteiger partial charge in [0.15, 0.2) is 11.6 Å². The van der Waals surface area contributed by atoms with Crippen LogP contribution in [0.5, 0.6) is 11.5 Å². The van der Waals surface area contributed by atoms with Gasteiger partial charge in [0.1, 0.15) is 72.2 Å². The number of unbranched alkanes of at least 4 members (excludes halogenated alkanes) is 1. The van der Waals surface area contributed by atoms with Gasteiger partial charge in [-0.1, -0.05) is 187 Å². The van der Waals surface area contributed by atoms with Gasteiger partial charge in [0, 0.05) is 122 Å². The molecule has 1 aliphatic rings. The van der Waals surface area contributed by atoms with Crippen LogP contribution in [0.25, 0.3) is 10.9 Å². The zero-order valence-corrected chi connectivity index (χ0v) is 74.8. The minimum Gasteiger partial charge on any atom is -0.508 e. The van der Waals surface area contributed by atoms with Crippen LogP contribution in [-0.4, -0.2) is 244 Å². The first-order valence-electron chi connectivity index (χ1n) is 43.4. The van der Waals surface area contributed by atoms with Gasteiger partial charge < -0.3 is 82.1 Å². The third-order valence-corrected chi connectivity index (χ3v) is 23.0. The van der Waals surface area contributed by atoms with Gasteiger partial charge in [-0.2, -0.15) is 0 Å². The van der Waals surface area contributed by atoms with Crippen molar-refractivity contribution in [2.24, 2.45) is 29.4 Å². The number of likely N-dealkylation sites (N-methyl/N-ethyl adjacent to an activating group) is 5. The van der Waals surface area contributed by atoms with Gasteiger partial charge in [-0.3, -0.25) is 76.7 Å². The summed E-state index contributed by atoms with van der Waals surface area (Å²) in [6.45, 7) is 6.85. The number of hydrogen-bond donors (Lipinski definition) is 10. The first-order chi connectivity index (χ1) is 61.5. The minimum absolute atomic E-state index is 0.0745. The summed E-state index contributed by atoms with van der Waals surface area (Å²) in [6, 6.07) is 31.5. The van der Waals surface area contributed by atoms with E-state index >= 15 is 38.4 Å². The van der Waals surface area contributed by atoms with Gasteiger partial charge >= 0.3 is 0 Å². The van der Waals surface area contributed by atoms with Crippen LogP contribution >= 0.6 is 0 Å². The highest BCUT2D eigenvalue weighted by Gasteiger charge is 2.42. The summed E-state index contributed by atoms with van der Waals surface area (Å²) < 4.78 is 5.15. The number of aromatic hydroxyl groups is 2. The molecular formula is C97H121N13O19. The summed E-state index contributed by atoms with van der Waals surface area (Å²) in [5, 5.41) is 38.1. The molecule has 11 atom stereocenters. The Morgan fingerprint density at radius 2 is 0.984 bits per heavy atom. The van der Waals surface area contributed by atoms with Gasteiger partial charge in [0.05, 0.1) is 25.0 Å². The third-order valence-electron chi connectivity index (χ3n) is 23.0. The number of fused-ring (bicyclic) bond motifs is 1. The smallest absolute Gasteiger partial charge is 0.293 e. The Hall–Kier alpha value is -13.7. The van der Waals surface area contributed by atoms with Crippen LogP contribution in [0.2, 0.25) is 0 Å². The van der Waals surface area contributed by atoms with Crippen LogP contribution in [0.4, 0.5) is 0 Å². The molecule has 0 aliphatic carbocycles. The number of H-pyrrole nitrogens is 1. The first-order valence-corrected chi connectivity index (χ1v) is 43.4. The lowest BCUT2D eigenvalue weighted by atomic mass is 9.84. The fourth-order valence-electron chi connectivity index (χ4n) is 15.6. The zero-order valence-electron chi connectivity index (χ0n) is 74.8. The molecule has 7 aromatic rings. The molecule has 6 aromatic carbocycles. The SMILES string of the molecule is CCCC[C@H]1C(=O)N(C)CC(=O)C[C@@H](COC=O)C(=O)C[C@@H](C(C)C)C(=O)N(C)[C@@H](Cc2ccccc2)C(=O)N[C@@H](Cc2ccc(O)cc2)C(=O)N(C)CC(=O)N[C@@H](Cc2c[nH]c3ccccc23)C(=O)N[C@@H](Cc2ccc(O)cc2)C(=O)N[C@@H](CC(C)C)C(=O)N[C@H](C(=O)CCC(N)=O)CC=CC(=O)N[C@@H](Cc2ccccc2)C(=O)N(C)[C@@H](Cc2ccccc2)C(=O)N1C. The molecule has 0 bridgehead atoms. The summed E-state index contributed by atoms with van der Waals surface area (Å²) in [5.74, 6) is -15.8. The van der Waals surface area contributed by atoms with Crippen LogP contribution < -0.4 is 37.6 Å². The Morgan fingerprint density at radius 1 is 0.496 bits per heavy atom. The van der Waals surface area contributed by atoms with Crippen LogP contribution in [0.3, 0.4) is 0 Å². The topological polar surface area (TPSA) is 453 Å². The predicted molar refractivity (Wildman–Crippen MR) is 482 cm³/mol. The number of amides is 12. The van der Waals surface area contributed by atoms with Crippen molar-refractivity contribution in [3.8, 4) is 11.5 Å². The maximum Gasteiger partial charge on any atom is 0.293 e. The number of hydrogen-bond acceptors (Lipinski definition) is 19. The van der Waals surface area contributed by atoms with Crippen molar-refractivity contribution in [2.75, 3.05) is 54.9 Å². The molecular weight excluding hydrogens is 1650 g/mol. The lowest BCUT2D eigenvalue weighted by molar-refractivity contribution is -0.151. The Kier molecular flexibility index (Phi) is 38.6. The molecule has 1 aliphatic heterocycles. The van der Waals surface area contributed by atoms with E-state index in [1.54, 1.807) is 149 Å². The van der Waals surface area contributed by atoms with Gasteiger partial charge in [-0.05, 0) is 101 Å². The number of ether oxygens (including phenoxy) is 1. The van der Waals surface area contributed by atoms with Crippen molar-refractivity contribution < 1.29 is 91.7 Å². The van der Waals surface area contributed by atoms with Gasteiger partial charge in [0.25, 0.3) is 6.47 Å². The lowest BCUT2D eigenvalue weighted by Crippen LogP contribution is -2.59. The van der Waals surface area contributed by atoms with E-state index in [9.17, 15) is 48.6 Å². The summed E-state index contributed by atoms with van der Waals surface area (Å²) in [6.07, 6.45) is 1.27. The standard InChI is InChI=1S/C97H121N13O19/c1-11-12-34-81-96(127)106(6)56-71(114)52-68(58-129-59-111)85(116)54-73(61(4)5)93(124)109(9)82(50-63-27-18-14-19-28-63)92(123)105-79(49-66-38-42-70(113)43-39-66)94(125)107(7)57-88(119)100-78(53-67-55-99-74-32-23-22-31-72(67)74)91(122)104-77(47-65-36-40-69(112)41-37-65)90(121)103-76(46-60(2)3)89(120)102-75(84(115)44-45-86(98)117)33-24-35-87(118)101-80(48-62-25-16-13-17-26-62)95(126)110(10)83(97(128)108(81)8)51-64-29-20-15-21-30-64/h13-32,35-43,55,59-61,68,73,75-83,99,112-113H,11-12,33-34,44-54,56-58H2,1-10H3,(H2,98,117)(H,100,119)(H,101,118)(H,102,120)(H,103,121)(H,104,122)(H,105,123)/t68-,73-,75-,76-,77-,78-,79-,80-,81-,82-,83-/m0/s1. The van der Waals surface area contributed by atoms with E-state index in [0.717, 1.165) is 20.8 Å². The first kappa shape index (κ1) is 101. The van der Waals surface area contributed by atoms with Crippen molar-refractivity contribution in [3.05, 3.63) is 216 Å². The van der Waals surface area contributed by atoms with Crippen molar-refractivity contribution in [3.63, 3.8) is 0 Å². The average molecular weight is 1770 g/mol. The molecule has 2 heterocycles. The number of nitrogens with one attached hydrogen (secondary N) is 7. The molecule has 0 spiro atoms. The van der Waals surface area contributed by atoms with Gasteiger partial charge in [0.2, 0.25) is 70.9 Å². The molecule has 1 aromatic heterocycles. The van der Waals surface area contributed by atoms with Crippen molar-refractivity contribution in [2.45, 2.75) is 185 Å². The normalized spacial score (nSPS) is 21.9. The number of ketones is 3. The number of phenolic OH excluding ortho intramolecular Hbond substituents is 2. The van der Waals surface area contributed by atoms with Crippen molar-refractivity contribution in [1.29, 1.82) is 0 Å². The number of aromatic nitrogens is 1. The number of Topliss-reactive ketones (excluding diaryl/α,β-unsaturated/α-hetero) is 3. The third kappa shape index (κ3) is 30.5. The number of carbonyl (C=O) groups is 16. The number of benzene rings is 6. The molecule has 129 heavy (non-hydrogen) atoms. The highest BCUT2D eigenvalue weighted by atomic mass is 16.5. The molecule has 0 saturated carbocycles. The number of carbonyl (C=O) groups excluding carboxylic acids is 16.